The molecule has 0 radical (unpaired) electrons. The minimum absolute atomic E-state index is 0.0663. The third-order valence-electron chi connectivity index (χ3n) is 3.35. The normalized spacial score (nSPS) is 10.9. The van der Waals surface area contributed by atoms with Gasteiger partial charge in [0.25, 0.3) is 5.91 Å². The van der Waals surface area contributed by atoms with Crippen LogP contribution in [0.3, 0.4) is 0 Å². The molecule has 0 aliphatic carbocycles. The van der Waals surface area contributed by atoms with E-state index in [2.05, 4.69) is 10.6 Å². The van der Waals surface area contributed by atoms with Crippen LogP contribution < -0.4 is 10.6 Å². The van der Waals surface area contributed by atoms with E-state index in [4.69, 9.17) is 23.2 Å². The zero-order valence-corrected chi connectivity index (χ0v) is 14.7. The van der Waals surface area contributed by atoms with E-state index >= 15 is 0 Å². The number of nitriles is 1. The van der Waals surface area contributed by atoms with Crippen LogP contribution in [-0.2, 0) is 4.79 Å². The first-order valence-electron chi connectivity index (χ1n) is 7.11. The summed E-state index contributed by atoms with van der Waals surface area (Å²) in [5.74, 6) is -0.525. The fourth-order valence-electron chi connectivity index (χ4n) is 1.86. The smallest absolute Gasteiger partial charge is 0.267 e. The highest BCUT2D eigenvalue weighted by Gasteiger charge is 2.10. The first-order valence-corrected chi connectivity index (χ1v) is 7.87. The molecule has 4 nitrogen and oxygen atoms in total. The Labute approximate surface area is 150 Å². The monoisotopic (exact) mass is 359 g/mol. The second-order valence-corrected chi connectivity index (χ2v) is 6.01. The Morgan fingerprint density at radius 1 is 1.04 bits per heavy atom. The van der Waals surface area contributed by atoms with E-state index in [1.807, 2.05) is 32.0 Å². The second kappa shape index (κ2) is 7.87. The molecule has 24 heavy (non-hydrogen) atoms. The largest absolute Gasteiger partial charge is 0.360 e. The molecule has 2 aromatic rings. The van der Waals surface area contributed by atoms with E-state index < -0.39 is 5.91 Å². The lowest BCUT2D eigenvalue weighted by molar-refractivity contribution is -0.112. The van der Waals surface area contributed by atoms with Crippen LogP contribution in [0.4, 0.5) is 11.4 Å². The summed E-state index contributed by atoms with van der Waals surface area (Å²) >= 11 is 12.1. The number of nitrogens with zero attached hydrogens (tertiary/aromatic N) is 1. The Kier molecular flexibility index (Phi) is 5.86. The molecule has 0 aromatic heterocycles. The van der Waals surface area contributed by atoms with Gasteiger partial charge in [0.2, 0.25) is 0 Å². The number of hydrogen-bond donors (Lipinski definition) is 2. The fourth-order valence-corrected chi connectivity index (χ4v) is 2.22. The van der Waals surface area contributed by atoms with Crippen molar-refractivity contribution in [2.45, 2.75) is 13.8 Å². The number of benzene rings is 2. The third kappa shape index (κ3) is 4.51. The summed E-state index contributed by atoms with van der Waals surface area (Å²) in [5, 5.41) is 15.9. The van der Waals surface area contributed by atoms with Crippen molar-refractivity contribution in [2.24, 2.45) is 0 Å². The Hall–Kier alpha value is -2.48. The predicted molar refractivity (Wildman–Crippen MR) is 98.3 cm³/mol. The molecule has 0 saturated carbocycles. The number of rotatable bonds is 4. The maximum Gasteiger partial charge on any atom is 0.267 e. The molecule has 1 amide bonds. The summed E-state index contributed by atoms with van der Waals surface area (Å²) in [6, 6.07) is 12.4. The Morgan fingerprint density at radius 2 is 1.58 bits per heavy atom. The second-order valence-electron chi connectivity index (χ2n) is 5.20. The number of nitrogens with one attached hydrogen (secondary N) is 2. The van der Waals surface area contributed by atoms with Crippen LogP contribution in [0.25, 0.3) is 0 Å². The third-order valence-corrected chi connectivity index (χ3v) is 4.16. The standard InChI is InChI=1S/C18H15Cl2N3O/c1-11-3-5-14(7-16(11)19)22-10-13(9-21)18(24)23-15-6-4-12(2)17(20)8-15/h3-8,10,22H,1-2H3,(H,23,24)/b13-10-. The van der Waals surface area contributed by atoms with Crippen molar-refractivity contribution in [3.05, 3.63) is 69.3 Å². The quantitative estimate of drug-likeness (QED) is 0.591. The van der Waals surface area contributed by atoms with Crippen molar-refractivity contribution in [1.29, 1.82) is 5.26 Å². The zero-order chi connectivity index (χ0) is 17.7. The molecule has 2 N–H and O–H groups in total. The van der Waals surface area contributed by atoms with Crippen LogP contribution in [0.2, 0.25) is 10.0 Å². The molecule has 0 bridgehead atoms. The van der Waals surface area contributed by atoms with Gasteiger partial charge < -0.3 is 10.6 Å². The van der Waals surface area contributed by atoms with Crippen molar-refractivity contribution in [1.82, 2.24) is 0 Å². The van der Waals surface area contributed by atoms with E-state index in [-0.39, 0.29) is 5.57 Å². The van der Waals surface area contributed by atoms with Gasteiger partial charge in [0, 0.05) is 27.6 Å². The molecule has 0 heterocycles. The maximum absolute atomic E-state index is 12.2. The topological polar surface area (TPSA) is 64.9 Å². The zero-order valence-electron chi connectivity index (χ0n) is 13.2. The summed E-state index contributed by atoms with van der Waals surface area (Å²) in [4.78, 5) is 12.2. The molecule has 0 saturated heterocycles. The number of halogens is 2. The molecule has 0 aliphatic rings. The molecule has 0 fully saturated rings. The summed E-state index contributed by atoms with van der Waals surface area (Å²) in [6.07, 6.45) is 1.34. The highest BCUT2D eigenvalue weighted by Crippen LogP contribution is 2.21. The summed E-state index contributed by atoms with van der Waals surface area (Å²) in [5.41, 5.74) is 2.99. The van der Waals surface area contributed by atoms with Gasteiger partial charge in [0.05, 0.1) is 0 Å². The lowest BCUT2D eigenvalue weighted by Gasteiger charge is -2.07. The van der Waals surface area contributed by atoms with Crippen LogP contribution >= 0.6 is 23.2 Å². The van der Waals surface area contributed by atoms with Gasteiger partial charge in [-0.1, -0.05) is 35.3 Å². The van der Waals surface area contributed by atoms with Gasteiger partial charge in [-0.25, -0.2) is 0 Å². The van der Waals surface area contributed by atoms with Crippen LogP contribution in [0.5, 0.6) is 0 Å². The first kappa shape index (κ1) is 17.9. The maximum atomic E-state index is 12.2. The highest BCUT2D eigenvalue weighted by molar-refractivity contribution is 6.32. The number of amides is 1. The van der Waals surface area contributed by atoms with Gasteiger partial charge in [0.1, 0.15) is 11.6 Å². The summed E-state index contributed by atoms with van der Waals surface area (Å²) < 4.78 is 0. The SMILES string of the molecule is Cc1ccc(N/C=C(/C#N)C(=O)Nc2ccc(C)c(Cl)c2)cc1Cl. The van der Waals surface area contributed by atoms with Gasteiger partial charge in [-0.2, -0.15) is 5.26 Å². The van der Waals surface area contributed by atoms with E-state index in [0.29, 0.717) is 21.4 Å². The Bertz CT molecular complexity index is 854. The van der Waals surface area contributed by atoms with Crippen LogP contribution in [0.15, 0.2) is 48.2 Å². The fraction of sp³-hybridized carbons (Fsp3) is 0.111. The van der Waals surface area contributed by atoms with Crippen molar-refractivity contribution < 1.29 is 4.79 Å². The van der Waals surface area contributed by atoms with Crippen LogP contribution in [-0.4, -0.2) is 5.91 Å². The average molecular weight is 360 g/mol. The molecule has 122 valence electrons. The van der Waals surface area contributed by atoms with Crippen LogP contribution in [0.1, 0.15) is 11.1 Å². The number of carbonyl (C=O) groups excluding carboxylic acids is 1. The van der Waals surface area contributed by atoms with Crippen molar-refractivity contribution in [3.63, 3.8) is 0 Å². The molecule has 0 aliphatic heterocycles. The minimum Gasteiger partial charge on any atom is -0.360 e. The minimum atomic E-state index is -0.525. The molecular formula is C18H15Cl2N3O. The molecular weight excluding hydrogens is 345 g/mol. The van der Waals surface area contributed by atoms with Crippen molar-refractivity contribution in [2.75, 3.05) is 10.6 Å². The number of carbonyl (C=O) groups is 1. The molecule has 0 spiro atoms. The Morgan fingerprint density at radius 3 is 2.12 bits per heavy atom. The van der Waals surface area contributed by atoms with Gasteiger partial charge in [-0.15, -0.1) is 0 Å². The summed E-state index contributed by atoms with van der Waals surface area (Å²) in [7, 11) is 0. The van der Waals surface area contributed by atoms with E-state index in [0.717, 1.165) is 11.1 Å². The van der Waals surface area contributed by atoms with Gasteiger partial charge in [-0.05, 0) is 49.2 Å². The lowest BCUT2D eigenvalue weighted by Crippen LogP contribution is -2.14. The molecule has 2 rings (SSSR count). The van der Waals surface area contributed by atoms with E-state index in [9.17, 15) is 10.1 Å². The van der Waals surface area contributed by atoms with Gasteiger partial charge in [-0.3, -0.25) is 4.79 Å². The number of aryl methyl sites for hydroxylation is 2. The lowest BCUT2D eigenvalue weighted by atomic mass is 10.2. The molecule has 6 heteroatoms. The van der Waals surface area contributed by atoms with Crippen molar-refractivity contribution in [3.8, 4) is 6.07 Å². The molecule has 0 unspecified atom stereocenters. The van der Waals surface area contributed by atoms with E-state index in [1.54, 1.807) is 24.3 Å². The number of anilines is 2. The average Bonchev–Trinajstić information content (AvgIpc) is 2.55. The Balaban J connectivity index is 2.11. The first-order chi connectivity index (χ1) is 11.4. The van der Waals surface area contributed by atoms with E-state index in [1.165, 1.54) is 6.20 Å². The highest BCUT2D eigenvalue weighted by atomic mass is 35.5. The summed E-state index contributed by atoms with van der Waals surface area (Å²) in [6.45, 7) is 3.76. The number of hydrogen-bond acceptors (Lipinski definition) is 3. The van der Waals surface area contributed by atoms with Crippen LogP contribution in [0, 0.1) is 25.2 Å². The van der Waals surface area contributed by atoms with Crippen molar-refractivity contribution >= 4 is 40.5 Å². The molecule has 2 aromatic carbocycles. The predicted octanol–water partition coefficient (Wildman–Crippen LogP) is 5.07. The van der Waals surface area contributed by atoms with Gasteiger partial charge >= 0.3 is 0 Å². The van der Waals surface area contributed by atoms with Gasteiger partial charge in [0.15, 0.2) is 0 Å². The molecule has 0 atom stereocenters.